The van der Waals surface area contributed by atoms with Gasteiger partial charge in [-0.05, 0) is 18.9 Å². The molecule has 2 amide bonds. The SMILES string of the molecule is CNC(=O)[C@H]1CN(C(=O)C2CCCCC2)Cc2ccnn21. The number of fused-ring (bicyclic) bond motifs is 1. The summed E-state index contributed by atoms with van der Waals surface area (Å²) in [4.78, 5) is 26.6. The van der Waals surface area contributed by atoms with E-state index in [0.29, 0.717) is 13.1 Å². The molecule has 1 atom stereocenters. The quantitative estimate of drug-likeness (QED) is 0.886. The summed E-state index contributed by atoms with van der Waals surface area (Å²) in [5, 5.41) is 6.90. The lowest BCUT2D eigenvalue weighted by Gasteiger charge is -2.35. The number of rotatable bonds is 2. The summed E-state index contributed by atoms with van der Waals surface area (Å²) in [5.74, 6) is 0.246. The molecule has 6 heteroatoms. The van der Waals surface area contributed by atoms with Gasteiger partial charge in [0.05, 0.1) is 18.8 Å². The largest absolute Gasteiger partial charge is 0.357 e. The minimum Gasteiger partial charge on any atom is -0.357 e. The lowest BCUT2D eigenvalue weighted by Crippen LogP contribution is -2.48. The molecule has 0 aromatic carbocycles. The van der Waals surface area contributed by atoms with Crippen LogP contribution in [0.3, 0.4) is 0 Å². The fourth-order valence-electron chi connectivity index (χ4n) is 3.43. The third-order valence-corrected chi connectivity index (χ3v) is 4.61. The molecule has 6 nitrogen and oxygen atoms in total. The maximum atomic E-state index is 12.7. The van der Waals surface area contributed by atoms with E-state index in [0.717, 1.165) is 31.4 Å². The van der Waals surface area contributed by atoms with Gasteiger partial charge in [0.15, 0.2) is 0 Å². The zero-order valence-electron chi connectivity index (χ0n) is 12.4. The van der Waals surface area contributed by atoms with Crippen LogP contribution in [0.2, 0.25) is 0 Å². The van der Waals surface area contributed by atoms with Gasteiger partial charge in [-0.25, -0.2) is 0 Å². The molecule has 21 heavy (non-hydrogen) atoms. The lowest BCUT2D eigenvalue weighted by atomic mass is 9.88. The van der Waals surface area contributed by atoms with E-state index < -0.39 is 6.04 Å². The van der Waals surface area contributed by atoms with Gasteiger partial charge in [-0.15, -0.1) is 0 Å². The van der Waals surface area contributed by atoms with E-state index >= 15 is 0 Å². The molecule has 1 N–H and O–H groups in total. The van der Waals surface area contributed by atoms with Crippen molar-refractivity contribution >= 4 is 11.8 Å². The molecule has 0 spiro atoms. The van der Waals surface area contributed by atoms with Gasteiger partial charge in [0.1, 0.15) is 6.04 Å². The van der Waals surface area contributed by atoms with E-state index in [-0.39, 0.29) is 17.7 Å². The molecule has 1 aromatic heterocycles. The van der Waals surface area contributed by atoms with Crippen molar-refractivity contribution in [1.82, 2.24) is 20.0 Å². The van der Waals surface area contributed by atoms with E-state index in [1.54, 1.807) is 17.9 Å². The molecule has 0 radical (unpaired) electrons. The van der Waals surface area contributed by atoms with E-state index in [1.165, 1.54) is 6.42 Å². The molecule has 1 fully saturated rings. The van der Waals surface area contributed by atoms with Crippen molar-refractivity contribution in [1.29, 1.82) is 0 Å². The Labute approximate surface area is 124 Å². The molecule has 0 bridgehead atoms. The van der Waals surface area contributed by atoms with Gasteiger partial charge in [-0.3, -0.25) is 14.3 Å². The predicted molar refractivity (Wildman–Crippen MR) is 77.3 cm³/mol. The highest BCUT2D eigenvalue weighted by Gasteiger charge is 2.35. The topological polar surface area (TPSA) is 67.2 Å². The summed E-state index contributed by atoms with van der Waals surface area (Å²) < 4.78 is 1.74. The average molecular weight is 290 g/mol. The normalized spacial score (nSPS) is 22.7. The number of amides is 2. The lowest BCUT2D eigenvalue weighted by molar-refractivity contribution is -0.140. The standard InChI is InChI=1S/C15H22N4O2/c1-16-14(20)13-10-18(9-12-7-8-17-19(12)13)15(21)11-5-3-2-4-6-11/h7-8,11,13H,2-6,9-10H2,1H3,(H,16,20)/t13-/m1/s1. The number of nitrogens with one attached hydrogen (secondary N) is 1. The third kappa shape index (κ3) is 2.66. The second-order valence-electron chi connectivity index (χ2n) is 5.95. The second-order valence-corrected chi connectivity index (χ2v) is 5.95. The number of nitrogens with zero attached hydrogens (tertiary/aromatic N) is 3. The van der Waals surface area contributed by atoms with Gasteiger partial charge in [-0.1, -0.05) is 19.3 Å². The van der Waals surface area contributed by atoms with Gasteiger partial charge in [-0.2, -0.15) is 5.10 Å². The summed E-state index contributed by atoms with van der Waals surface area (Å²) in [6, 6.07) is 1.47. The van der Waals surface area contributed by atoms with Crippen molar-refractivity contribution in [3.63, 3.8) is 0 Å². The zero-order chi connectivity index (χ0) is 14.8. The summed E-state index contributed by atoms with van der Waals surface area (Å²) in [6.45, 7) is 0.979. The van der Waals surface area contributed by atoms with Crippen LogP contribution in [0.1, 0.15) is 43.8 Å². The first kappa shape index (κ1) is 14.1. The van der Waals surface area contributed by atoms with Crippen molar-refractivity contribution in [2.75, 3.05) is 13.6 Å². The Balaban J connectivity index is 1.79. The van der Waals surface area contributed by atoms with Crippen LogP contribution < -0.4 is 5.32 Å². The molecule has 114 valence electrons. The van der Waals surface area contributed by atoms with E-state index in [2.05, 4.69) is 10.4 Å². The van der Waals surface area contributed by atoms with Crippen molar-refractivity contribution in [2.45, 2.75) is 44.7 Å². The Kier molecular flexibility index (Phi) is 3.94. The Morgan fingerprint density at radius 2 is 2.05 bits per heavy atom. The fourth-order valence-corrected chi connectivity index (χ4v) is 3.43. The first-order valence-electron chi connectivity index (χ1n) is 7.73. The summed E-state index contributed by atoms with van der Waals surface area (Å²) in [6.07, 6.45) is 7.18. The average Bonchev–Trinajstić information content (AvgIpc) is 3.01. The number of aromatic nitrogens is 2. The van der Waals surface area contributed by atoms with Crippen molar-refractivity contribution < 1.29 is 9.59 Å². The Hall–Kier alpha value is -1.85. The van der Waals surface area contributed by atoms with Crippen LogP contribution in [-0.2, 0) is 16.1 Å². The van der Waals surface area contributed by atoms with Gasteiger partial charge in [0.2, 0.25) is 11.8 Å². The molecule has 2 heterocycles. The monoisotopic (exact) mass is 290 g/mol. The molecule has 1 aliphatic carbocycles. The fraction of sp³-hybridized carbons (Fsp3) is 0.667. The second kappa shape index (κ2) is 5.87. The maximum Gasteiger partial charge on any atom is 0.246 e. The Morgan fingerprint density at radius 1 is 1.29 bits per heavy atom. The Bertz CT molecular complexity index is 534. The summed E-state index contributed by atoms with van der Waals surface area (Å²) in [5.41, 5.74) is 0.930. The Morgan fingerprint density at radius 3 is 2.76 bits per heavy atom. The van der Waals surface area contributed by atoms with Crippen LogP contribution in [-0.4, -0.2) is 40.1 Å². The number of hydrogen-bond donors (Lipinski definition) is 1. The number of hydrogen-bond acceptors (Lipinski definition) is 3. The minimum absolute atomic E-state index is 0.0962. The van der Waals surface area contributed by atoms with Crippen LogP contribution in [0.5, 0.6) is 0 Å². The van der Waals surface area contributed by atoms with Crippen LogP contribution in [0.25, 0.3) is 0 Å². The van der Waals surface area contributed by atoms with Crippen LogP contribution in [0.15, 0.2) is 12.3 Å². The first-order valence-corrected chi connectivity index (χ1v) is 7.73. The molecular weight excluding hydrogens is 268 g/mol. The number of carbonyl (C=O) groups excluding carboxylic acids is 2. The highest BCUT2D eigenvalue weighted by molar-refractivity contribution is 5.83. The van der Waals surface area contributed by atoms with E-state index in [1.807, 2.05) is 11.0 Å². The van der Waals surface area contributed by atoms with Crippen LogP contribution >= 0.6 is 0 Å². The summed E-state index contributed by atoms with van der Waals surface area (Å²) in [7, 11) is 1.62. The van der Waals surface area contributed by atoms with Gasteiger partial charge in [0, 0.05) is 19.2 Å². The molecule has 0 saturated heterocycles. The molecule has 1 saturated carbocycles. The van der Waals surface area contributed by atoms with Crippen molar-refractivity contribution in [3.05, 3.63) is 18.0 Å². The zero-order valence-corrected chi connectivity index (χ0v) is 12.4. The number of likely N-dealkylation sites (N-methyl/N-ethyl adjacent to an activating group) is 1. The third-order valence-electron chi connectivity index (χ3n) is 4.61. The number of carbonyl (C=O) groups is 2. The first-order chi connectivity index (χ1) is 10.2. The molecule has 2 aliphatic rings. The highest BCUT2D eigenvalue weighted by Crippen LogP contribution is 2.28. The van der Waals surface area contributed by atoms with Gasteiger partial charge >= 0.3 is 0 Å². The van der Waals surface area contributed by atoms with Crippen LogP contribution in [0.4, 0.5) is 0 Å². The maximum absolute atomic E-state index is 12.7. The van der Waals surface area contributed by atoms with Gasteiger partial charge < -0.3 is 10.2 Å². The molecule has 1 aromatic rings. The van der Waals surface area contributed by atoms with Crippen molar-refractivity contribution in [2.24, 2.45) is 5.92 Å². The van der Waals surface area contributed by atoms with Gasteiger partial charge in [0.25, 0.3) is 0 Å². The molecular formula is C15H22N4O2. The molecule has 0 unspecified atom stereocenters. The molecule has 1 aliphatic heterocycles. The summed E-state index contributed by atoms with van der Waals surface area (Å²) >= 11 is 0. The van der Waals surface area contributed by atoms with E-state index in [9.17, 15) is 9.59 Å². The van der Waals surface area contributed by atoms with Crippen molar-refractivity contribution in [3.8, 4) is 0 Å². The highest BCUT2D eigenvalue weighted by atomic mass is 16.2. The van der Waals surface area contributed by atoms with E-state index in [4.69, 9.17) is 0 Å². The predicted octanol–water partition coefficient (Wildman–Crippen LogP) is 1.09. The molecule has 3 rings (SSSR count). The smallest absolute Gasteiger partial charge is 0.246 e. The minimum atomic E-state index is -0.415. The van der Waals surface area contributed by atoms with Crippen LogP contribution in [0, 0.1) is 5.92 Å².